The summed E-state index contributed by atoms with van der Waals surface area (Å²) in [7, 11) is 0. The Morgan fingerprint density at radius 2 is 1.58 bits per heavy atom. The highest BCUT2D eigenvalue weighted by Gasteiger charge is 2.22. The number of nitrogens with two attached hydrogens (primary N) is 1. The van der Waals surface area contributed by atoms with Crippen LogP contribution in [-0.2, 0) is 0 Å². The molecule has 2 aromatic rings. The monoisotopic (exact) mass is 354 g/mol. The molecule has 1 aliphatic rings. The van der Waals surface area contributed by atoms with Crippen molar-refractivity contribution in [1.82, 2.24) is 5.32 Å². The number of carbonyl (C=O) groups excluding carboxylic acids is 2. The van der Waals surface area contributed by atoms with Crippen LogP contribution in [0.15, 0.2) is 42.5 Å². The fourth-order valence-corrected chi connectivity index (χ4v) is 2.90. The number of nitrogens with one attached hydrogen (secondary N) is 1. The van der Waals surface area contributed by atoms with Crippen LogP contribution >= 0.6 is 0 Å². The van der Waals surface area contributed by atoms with E-state index in [0.29, 0.717) is 30.1 Å². The van der Waals surface area contributed by atoms with Crippen LogP contribution in [0.4, 0.5) is 0 Å². The molecule has 3 rings (SSSR count). The third kappa shape index (κ3) is 3.79. The lowest BCUT2D eigenvalue weighted by Gasteiger charge is -2.25. The molecule has 0 saturated carbocycles. The predicted molar refractivity (Wildman–Crippen MR) is 97.4 cm³/mol. The van der Waals surface area contributed by atoms with E-state index in [1.54, 1.807) is 24.3 Å². The Bertz CT molecular complexity index is 815. The number of ether oxygens (including phenoxy) is 2. The van der Waals surface area contributed by atoms with Crippen molar-refractivity contribution in [2.24, 2.45) is 11.7 Å². The normalized spacial score (nSPS) is 14.0. The second-order valence-corrected chi connectivity index (χ2v) is 6.54. The van der Waals surface area contributed by atoms with Crippen LogP contribution in [0.1, 0.15) is 46.2 Å². The maximum absolute atomic E-state index is 12.6. The maximum Gasteiger partial charge on any atom is 0.251 e. The van der Waals surface area contributed by atoms with E-state index in [1.165, 1.54) is 0 Å². The van der Waals surface area contributed by atoms with E-state index in [9.17, 15) is 9.59 Å². The molecule has 6 nitrogen and oxygen atoms in total. The Labute approximate surface area is 152 Å². The zero-order chi connectivity index (χ0) is 18.7. The summed E-state index contributed by atoms with van der Waals surface area (Å²) in [6, 6.07) is 11.8. The van der Waals surface area contributed by atoms with Crippen molar-refractivity contribution in [3.8, 4) is 11.5 Å². The Balaban J connectivity index is 1.80. The maximum atomic E-state index is 12.6. The fraction of sp³-hybridized carbons (Fsp3) is 0.300. The number of fused-ring (bicyclic) bond motifs is 1. The molecular weight excluding hydrogens is 332 g/mol. The van der Waals surface area contributed by atoms with E-state index in [-0.39, 0.29) is 17.9 Å². The highest BCUT2D eigenvalue weighted by molar-refractivity contribution is 5.97. The zero-order valence-electron chi connectivity index (χ0n) is 14.8. The number of hydrogen-bond donors (Lipinski definition) is 2. The Hall–Kier alpha value is -3.02. The lowest BCUT2D eigenvalue weighted by Crippen LogP contribution is -2.32. The van der Waals surface area contributed by atoms with Gasteiger partial charge in [0.1, 0.15) is 13.2 Å². The Morgan fingerprint density at radius 1 is 0.962 bits per heavy atom. The summed E-state index contributed by atoms with van der Waals surface area (Å²) in [5, 5.41) is 3.05. The van der Waals surface area contributed by atoms with Crippen LogP contribution < -0.4 is 20.5 Å². The molecule has 3 N–H and O–H groups in total. The second-order valence-electron chi connectivity index (χ2n) is 6.54. The van der Waals surface area contributed by atoms with Gasteiger partial charge in [-0.1, -0.05) is 19.9 Å². The molecule has 2 aromatic carbocycles. The van der Waals surface area contributed by atoms with E-state index >= 15 is 0 Å². The summed E-state index contributed by atoms with van der Waals surface area (Å²) in [5.41, 5.74) is 7.02. The highest BCUT2D eigenvalue weighted by Crippen LogP contribution is 2.34. The third-order valence-corrected chi connectivity index (χ3v) is 4.31. The van der Waals surface area contributed by atoms with Gasteiger partial charge in [0.25, 0.3) is 5.91 Å². The molecular formula is C20H22N2O4. The third-order valence-electron chi connectivity index (χ3n) is 4.31. The first-order valence-corrected chi connectivity index (χ1v) is 8.56. The van der Waals surface area contributed by atoms with Crippen molar-refractivity contribution in [1.29, 1.82) is 0 Å². The Kier molecular flexibility index (Phi) is 5.11. The molecule has 0 aliphatic carbocycles. The van der Waals surface area contributed by atoms with Crippen LogP contribution in [0.3, 0.4) is 0 Å². The molecule has 1 atom stereocenters. The summed E-state index contributed by atoms with van der Waals surface area (Å²) in [6.07, 6.45) is 0. The number of rotatable bonds is 5. The smallest absolute Gasteiger partial charge is 0.251 e. The molecule has 1 heterocycles. The van der Waals surface area contributed by atoms with E-state index in [1.807, 2.05) is 32.0 Å². The van der Waals surface area contributed by atoms with E-state index in [0.717, 1.165) is 11.3 Å². The average molecular weight is 354 g/mol. The van der Waals surface area contributed by atoms with Gasteiger partial charge < -0.3 is 20.5 Å². The van der Waals surface area contributed by atoms with Crippen molar-refractivity contribution in [3.05, 3.63) is 59.2 Å². The first-order chi connectivity index (χ1) is 12.5. The van der Waals surface area contributed by atoms with E-state index < -0.39 is 5.91 Å². The largest absolute Gasteiger partial charge is 0.486 e. The van der Waals surface area contributed by atoms with Crippen molar-refractivity contribution in [3.63, 3.8) is 0 Å². The highest BCUT2D eigenvalue weighted by atomic mass is 16.6. The molecule has 0 fully saturated rings. The quantitative estimate of drug-likeness (QED) is 0.864. The average Bonchev–Trinajstić information content (AvgIpc) is 2.65. The summed E-state index contributed by atoms with van der Waals surface area (Å²) in [5.74, 6) is 0.852. The number of amides is 2. The molecule has 0 aromatic heterocycles. The molecule has 0 bridgehead atoms. The summed E-state index contributed by atoms with van der Waals surface area (Å²) < 4.78 is 11.2. The van der Waals surface area contributed by atoms with Gasteiger partial charge in [-0.05, 0) is 47.9 Å². The van der Waals surface area contributed by atoms with Gasteiger partial charge in [-0.2, -0.15) is 0 Å². The molecule has 136 valence electrons. The molecule has 6 heteroatoms. The predicted octanol–water partition coefficient (Wildman–Crippen LogP) is 2.68. The van der Waals surface area contributed by atoms with Crippen LogP contribution in [0.25, 0.3) is 0 Å². The standard InChI is InChI=1S/C20H22N2O4/c1-12(2)18(15-7-8-16-17(11-15)26-10-9-25-16)22-20(24)14-5-3-13(4-6-14)19(21)23/h3-8,11-12,18H,9-10H2,1-2H3,(H2,21,23)(H,22,24). The summed E-state index contributed by atoms with van der Waals surface area (Å²) in [4.78, 5) is 23.8. The van der Waals surface area contributed by atoms with Gasteiger partial charge in [-0.3, -0.25) is 9.59 Å². The lowest BCUT2D eigenvalue weighted by atomic mass is 9.95. The van der Waals surface area contributed by atoms with E-state index in [4.69, 9.17) is 15.2 Å². The van der Waals surface area contributed by atoms with Gasteiger partial charge in [0.05, 0.1) is 6.04 Å². The number of primary amides is 1. The molecule has 2 amide bonds. The second kappa shape index (κ2) is 7.47. The van der Waals surface area contributed by atoms with E-state index in [2.05, 4.69) is 5.32 Å². The van der Waals surface area contributed by atoms with Gasteiger partial charge >= 0.3 is 0 Å². The van der Waals surface area contributed by atoms with Crippen LogP contribution in [0.5, 0.6) is 11.5 Å². The minimum Gasteiger partial charge on any atom is -0.486 e. The topological polar surface area (TPSA) is 90.7 Å². The zero-order valence-corrected chi connectivity index (χ0v) is 14.8. The first kappa shape index (κ1) is 17.8. The van der Waals surface area contributed by atoms with Crippen LogP contribution in [0.2, 0.25) is 0 Å². The molecule has 26 heavy (non-hydrogen) atoms. The minimum absolute atomic E-state index is 0.173. The number of carbonyl (C=O) groups is 2. The van der Waals surface area contributed by atoms with Gasteiger partial charge in [0.15, 0.2) is 11.5 Å². The van der Waals surface area contributed by atoms with Crippen LogP contribution in [0, 0.1) is 5.92 Å². The Morgan fingerprint density at radius 3 is 2.19 bits per heavy atom. The van der Waals surface area contributed by atoms with Crippen molar-refractivity contribution < 1.29 is 19.1 Å². The van der Waals surface area contributed by atoms with Crippen LogP contribution in [-0.4, -0.2) is 25.0 Å². The fourth-order valence-electron chi connectivity index (χ4n) is 2.90. The summed E-state index contributed by atoms with van der Waals surface area (Å²) in [6.45, 7) is 5.13. The van der Waals surface area contributed by atoms with Crippen molar-refractivity contribution in [2.75, 3.05) is 13.2 Å². The minimum atomic E-state index is -0.520. The molecule has 0 spiro atoms. The van der Waals surface area contributed by atoms with Crippen molar-refractivity contribution in [2.45, 2.75) is 19.9 Å². The SMILES string of the molecule is CC(C)C(NC(=O)c1ccc(C(N)=O)cc1)c1ccc2c(c1)OCCO2. The number of hydrogen-bond acceptors (Lipinski definition) is 4. The molecule has 0 radical (unpaired) electrons. The molecule has 0 saturated heterocycles. The first-order valence-electron chi connectivity index (χ1n) is 8.56. The number of benzene rings is 2. The van der Waals surface area contributed by atoms with Crippen molar-refractivity contribution >= 4 is 11.8 Å². The van der Waals surface area contributed by atoms with Gasteiger partial charge in [-0.15, -0.1) is 0 Å². The van der Waals surface area contributed by atoms with Gasteiger partial charge in [-0.25, -0.2) is 0 Å². The summed E-state index contributed by atoms with van der Waals surface area (Å²) >= 11 is 0. The molecule has 1 unspecified atom stereocenters. The van der Waals surface area contributed by atoms with Gasteiger partial charge in [0, 0.05) is 11.1 Å². The van der Waals surface area contributed by atoms with Gasteiger partial charge in [0.2, 0.25) is 5.91 Å². The molecule has 1 aliphatic heterocycles. The lowest BCUT2D eigenvalue weighted by molar-refractivity contribution is 0.0923.